The molecule has 1 atom stereocenters. The number of ether oxygens (including phenoxy) is 1. The van der Waals surface area contributed by atoms with Crippen molar-refractivity contribution in [3.63, 3.8) is 0 Å². The second-order valence-electron chi connectivity index (χ2n) is 4.87. The Morgan fingerprint density at radius 3 is 2.83 bits per heavy atom. The van der Waals surface area contributed by atoms with Crippen LogP contribution in [-0.4, -0.2) is 29.6 Å². The van der Waals surface area contributed by atoms with Crippen LogP contribution in [0.1, 0.15) is 42.7 Å². The van der Waals surface area contributed by atoms with E-state index in [-0.39, 0.29) is 17.6 Å². The molecule has 0 aromatic carbocycles. The molecule has 1 heterocycles. The maximum Gasteiger partial charge on any atom is 0.270 e. The molecule has 0 fully saturated rings. The van der Waals surface area contributed by atoms with Crippen LogP contribution in [0.25, 0.3) is 0 Å². The highest BCUT2D eigenvalue weighted by Gasteiger charge is 2.22. The molecule has 0 aliphatic heterocycles. The fourth-order valence-corrected chi connectivity index (χ4v) is 2.33. The van der Waals surface area contributed by atoms with Gasteiger partial charge in [-0.15, -0.1) is 11.3 Å². The van der Waals surface area contributed by atoms with Crippen LogP contribution in [0.15, 0.2) is 5.38 Å². The predicted molar refractivity (Wildman–Crippen MR) is 72.6 cm³/mol. The van der Waals surface area contributed by atoms with E-state index < -0.39 is 0 Å². The molecule has 5 nitrogen and oxygen atoms in total. The number of methoxy groups -OCH3 is 1. The molecule has 1 aromatic rings. The molecule has 102 valence electrons. The first-order chi connectivity index (χ1) is 8.38. The molecule has 0 aliphatic rings. The fourth-order valence-electron chi connectivity index (χ4n) is 1.68. The van der Waals surface area contributed by atoms with E-state index in [4.69, 9.17) is 10.5 Å². The maximum atomic E-state index is 11.9. The number of nitrogens with one attached hydrogen (secondary N) is 1. The molecule has 0 aliphatic carbocycles. The van der Waals surface area contributed by atoms with Gasteiger partial charge in [-0.2, -0.15) is 0 Å². The van der Waals surface area contributed by atoms with Crippen LogP contribution in [0.4, 0.5) is 0 Å². The van der Waals surface area contributed by atoms with Gasteiger partial charge in [0.05, 0.1) is 5.60 Å². The summed E-state index contributed by atoms with van der Waals surface area (Å²) in [6.07, 6.45) is 0.739. The number of carbonyl (C=O) groups is 1. The van der Waals surface area contributed by atoms with Crippen LogP contribution in [-0.2, 0) is 11.3 Å². The van der Waals surface area contributed by atoms with Crippen molar-refractivity contribution in [3.05, 3.63) is 16.1 Å². The van der Waals surface area contributed by atoms with Gasteiger partial charge in [0.15, 0.2) is 0 Å². The molecule has 0 saturated heterocycles. The number of carbonyl (C=O) groups excluding carboxylic acids is 1. The van der Waals surface area contributed by atoms with Crippen molar-refractivity contribution in [2.24, 2.45) is 5.73 Å². The van der Waals surface area contributed by atoms with E-state index in [1.165, 1.54) is 11.3 Å². The number of rotatable bonds is 6. The standard InChI is InChI=1S/C12H21N3O2S/c1-8(5-12(2,3)17-4)14-11(16)9-7-18-10(6-13)15-9/h7-8H,5-6,13H2,1-4H3,(H,14,16). The van der Waals surface area contributed by atoms with Crippen LogP contribution in [0.3, 0.4) is 0 Å². The lowest BCUT2D eigenvalue weighted by Crippen LogP contribution is -2.39. The van der Waals surface area contributed by atoms with Gasteiger partial charge >= 0.3 is 0 Å². The van der Waals surface area contributed by atoms with Crippen molar-refractivity contribution < 1.29 is 9.53 Å². The van der Waals surface area contributed by atoms with E-state index in [0.717, 1.165) is 11.4 Å². The SMILES string of the molecule is COC(C)(C)CC(C)NC(=O)c1csc(CN)n1. The van der Waals surface area contributed by atoms with Crippen LogP contribution in [0.2, 0.25) is 0 Å². The van der Waals surface area contributed by atoms with E-state index in [2.05, 4.69) is 10.3 Å². The Labute approximate surface area is 112 Å². The number of hydrogen-bond acceptors (Lipinski definition) is 5. The summed E-state index contributed by atoms with van der Waals surface area (Å²) in [6, 6.07) is 0.0236. The summed E-state index contributed by atoms with van der Waals surface area (Å²) in [5, 5.41) is 5.40. The minimum atomic E-state index is -0.253. The summed E-state index contributed by atoms with van der Waals surface area (Å²) >= 11 is 1.40. The molecule has 18 heavy (non-hydrogen) atoms. The third-order valence-corrected chi connectivity index (χ3v) is 3.56. The zero-order valence-electron chi connectivity index (χ0n) is 11.3. The number of hydrogen-bond donors (Lipinski definition) is 2. The minimum Gasteiger partial charge on any atom is -0.379 e. The fraction of sp³-hybridized carbons (Fsp3) is 0.667. The Balaban J connectivity index is 2.54. The summed E-state index contributed by atoms with van der Waals surface area (Å²) in [6.45, 7) is 6.30. The zero-order chi connectivity index (χ0) is 13.8. The number of nitrogens with zero attached hydrogens (tertiary/aromatic N) is 1. The molecule has 1 unspecified atom stereocenters. The number of thiazole rings is 1. The lowest BCUT2D eigenvalue weighted by atomic mass is 10.00. The van der Waals surface area contributed by atoms with E-state index in [1.807, 2.05) is 20.8 Å². The third kappa shape index (κ3) is 4.36. The third-order valence-electron chi connectivity index (χ3n) is 2.69. The van der Waals surface area contributed by atoms with Gasteiger partial charge in [-0.3, -0.25) is 4.79 Å². The van der Waals surface area contributed by atoms with Crippen LogP contribution in [0, 0.1) is 0 Å². The monoisotopic (exact) mass is 271 g/mol. The molecule has 1 rings (SSSR count). The first-order valence-corrected chi connectivity index (χ1v) is 6.76. The lowest BCUT2D eigenvalue weighted by molar-refractivity contribution is 0.00883. The van der Waals surface area contributed by atoms with Gasteiger partial charge < -0.3 is 15.8 Å². The second-order valence-corrected chi connectivity index (χ2v) is 5.82. The van der Waals surface area contributed by atoms with Gasteiger partial charge in [0, 0.05) is 25.1 Å². The van der Waals surface area contributed by atoms with Gasteiger partial charge in [-0.05, 0) is 27.2 Å². The molecule has 0 spiro atoms. The average Bonchev–Trinajstić information content (AvgIpc) is 2.76. The van der Waals surface area contributed by atoms with Crippen molar-refractivity contribution >= 4 is 17.2 Å². The predicted octanol–water partition coefficient (Wildman–Crippen LogP) is 1.54. The Kier molecular flexibility index (Phi) is 5.25. The summed E-state index contributed by atoms with van der Waals surface area (Å²) in [7, 11) is 1.67. The molecular formula is C12H21N3O2S. The van der Waals surface area contributed by atoms with E-state index in [0.29, 0.717) is 12.2 Å². The van der Waals surface area contributed by atoms with E-state index in [9.17, 15) is 4.79 Å². The van der Waals surface area contributed by atoms with Gasteiger partial charge in [0.25, 0.3) is 5.91 Å². The number of amides is 1. The second kappa shape index (κ2) is 6.26. The van der Waals surface area contributed by atoms with Gasteiger partial charge in [-0.25, -0.2) is 4.98 Å². The highest BCUT2D eigenvalue weighted by molar-refractivity contribution is 7.09. The molecule has 0 radical (unpaired) electrons. The van der Waals surface area contributed by atoms with Crippen molar-refractivity contribution in [2.75, 3.05) is 7.11 Å². The molecular weight excluding hydrogens is 250 g/mol. The molecule has 1 aromatic heterocycles. The highest BCUT2D eigenvalue weighted by atomic mass is 32.1. The molecule has 6 heteroatoms. The summed E-state index contributed by atoms with van der Waals surface area (Å²) in [5.74, 6) is -0.162. The molecule has 0 saturated carbocycles. The van der Waals surface area contributed by atoms with E-state index in [1.54, 1.807) is 12.5 Å². The van der Waals surface area contributed by atoms with Gasteiger partial charge in [0.2, 0.25) is 0 Å². The first-order valence-electron chi connectivity index (χ1n) is 5.88. The van der Waals surface area contributed by atoms with Crippen molar-refractivity contribution in [1.29, 1.82) is 0 Å². The largest absolute Gasteiger partial charge is 0.379 e. The Bertz CT molecular complexity index is 404. The maximum absolute atomic E-state index is 11.9. The van der Waals surface area contributed by atoms with E-state index >= 15 is 0 Å². The van der Waals surface area contributed by atoms with Crippen LogP contribution in [0.5, 0.6) is 0 Å². The van der Waals surface area contributed by atoms with Crippen molar-refractivity contribution in [2.45, 2.75) is 45.4 Å². The Morgan fingerprint density at radius 2 is 2.33 bits per heavy atom. The summed E-state index contributed by atoms with van der Waals surface area (Å²) < 4.78 is 5.34. The highest BCUT2D eigenvalue weighted by Crippen LogP contribution is 2.16. The van der Waals surface area contributed by atoms with Crippen molar-refractivity contribution in [3.8, 4) is 0 Å². The topological polar surface area (TPSA) is 77.2 Å². The van der Waals surface area contributed by atoms with Crippen molar-refractivity contribution in [1.82, 2.24) is 10.3 Å². The summed E-state index contributed by atoms with van der Waals surface area (Å²) in [4.78, 5) is 16.1. The first kappa shape index (κ1) is 15.1. The zero-order valence-corrected chi connectivity index (χ0v) is 12.1. The lowest BCUT2D eigenvalue weighted by Gasteiger charge is -2.26. The van der Waals surface area contributed by atoms with Crippen LogP contribution >= 0.6 is 11.3 Å². The van der Waals surface area contributed by atoms with Gasteiger partial charge in [-0.1, -0.05) is 0 Å². The smallest absolute Gasteiger partial charge is 0.270 e. The Morgan fingerprint density at radius 1 is 1.67 bits per heavy atom. The average molecular weight is 271 g/mol. The quantitative estimate of drug-likeness (QED) is 0.822. The molecule has 0 bridgehead atoms. The summed E-state index contributed by atoms with van der Waals surface area (Å²) in [5.41, 5.74) is 5.65. The number of nitrogens with two attached hydrogens (primary N) is 1. The Hall–Kier alpha value is -0.980. The van der Waals surface area contributed by atoms with Crippen LogP contribution < -0.4 is 11.1 Å². The number of aromatic nitrogens is 1. The van der Waals surface area contributed by atoms with Gasteiger partial charge in [0.1, 0.15) is 10.7 Å². The minimum absolute atomic E-state index is 0.0236. The normalized spacial score (nSPS) is 13.4. The molecule has 3 N–H and O–H groups in total. The molecule has 1 amide bonds.